The SMILES string of the molecule is CN(C)c1ccc(CNC(=O)C2CCCCC2)cn1. The van der Waals surface area contributed by atoms with Gasteiger partial charge in [-0.1, -0.05) is 25.3 Å². The van der Waals surface area contributed by atoms with Crippen molar-refractivity contribution in [1.82, 2.24) is 10.3 Å². The van der Waals surface area contributed by atoms with Crippen molar-refractivity contribution >= 4 is 11.7 Å². The number of nitrogens with one attached hydrogen (secondary N) is 1. The third-order valence-corrected chi connectivity index (χ3v) is 3.71. The van der Waals surface area contributed by atoms with Crippen molar-refractivity contribution in [3.05, 3.63) is 23.9 Å². The number of carbonyl (C=O) groups is 1. The molecule has 1 aromatic rings. The molecule has 1 amide bonds. The average Bonchev–Trinajstić information content (AvgIpc) is 2.46. The summed E-state index contributed by atoms with van der Waals surface area (Å²) in [6, 6.07) is 3.99. The van der Waals surface area contributed by atoms with Gasteiger partial charge in [0, 0.05) is 32.8 Å². The van der Waals surface area contributed by atoms with E-state index in [0.717, 1.165) is 24.2 Å². The Hall–Kier alpha value is -1.58. The molecule has 2 rings (SSSR count). The first-order valence-corrected chi connectivity index (χ1v) is 7.07. The molecule has 1 N–H and O–H groups in total. The minimum absolute atomic E-state index is 0.205. The molecular formula is C15H23N3O. The zero-order valence-corrected chi connectivity index (χ0v) is 11.9. The molecule has 4 nitrogen and oxygen atoms in total. The molecule has 0 atom stereocenters. The van der Waals surface area contributed by atoms with Gasteiger partial charge >= 0.3 is 0 Å². The van der Waals surface area contributed by atoms with Crippen molar-refractivity contribution in [3.8, 4) is 0 Å². The molecular weight excluding hydrogens is 238 g/mol. The highest BCUT2D eigenvalue weighted by Crippen LogP contribution is 2.23. The first-order valence-electron chi connectivity index (χ1n) is 7.07. The van der Waals surface area contributed by atoms with E-state index in [1.807, 2.05) is 37.3 Å². The van der Waals surface area contributed by atoms with E-state index in [1.165, 1.54) is 19.3 Å². The van der Waals surface area contributed by atoms with Crippen molar-refractivity contribution in [2.24, 2.45) is 5.92 Å². The molecule has 1 heterocycles. The van der Waals surface area contributed by atoms with Gasteiger partial charge in [0.15, 0.2) is 0 Å². The molecule has 1 aromatic heterocycles. The Morgan fingerprint density at radius 2 is 2.05 bits per heavy atom. The number of pyridine rings is 1. The van der Waals surface area contributed by atoms with E-state index in [1.54, 1.807) is 0 Å². The Labute approximate surface area is 115 Å². The standard InChI is InChI=1S/C15H23N3O/c1-18(2)14-9-8-12(10-16-14)11-17-15(19)13-6-4-3-5-7-13/h8-10,13H,3-7,11H2,1-2H3,(H,17,19). The minimum Gasteiger partial charge on any atom is -0.363 e. The molecule has 0 radical (unpaired) electrons. The number of rotatable bonds is 4. The van der Waals surface area contributed by atoms with E-state index in [4.69, 9.17) is 0 Å². The Morgan fingerprint density at radius 3 is 2.63 bits per heavy atom. The summed E-state index contributed by atoms with van der Waals surface area (Å²) < 4.78 is 0. The summed E-state index contributed by atoms with van der Waals surface area (Å²) in [7, 11) is 3.93. The maximum Gasteiger partial charge on any atom is 0.223 e. The minimum atomic E-state index is 0.205. The van der Waals surface area contributed by atoms with Crippen LogP contribution < -0.4 is 10.2 Å². The summed E-state index contributed by atoms with van der Waals surface area (Å²) in [5.74, 6) is 1.36. The van der Waals surface area contributed by atoms with Crippen molar-refractivity contribution in [2.75, 3.05) is 19.0 Å². The van der Waals surface area contributed by atoms with Gasteiger partial charge in [0.2, 0.25) is 5.91 Å². The molecule has 0 unspecified atom stereocenters. The molecule has 0 bridgehead atoms. The number of amides is 1. The molecule has 0 saturated heterocycles. The van der Waals surface area contributed by atoms with E-state index < -0.39 is 0 Å². The maximum atomic E-state index is 12.0. The van der Waals surface area contributed by atoms with E-state index in [9.17, 15) is 4.79 Å². The van der Waals surface area contributed by atoms with Gasteiger partial charge in [-0.2, -0.15) is 0 Å². The quantitative estimate of drug-likeness (QED) is 0.905. The lowest BCUT2D eigenvalue weighted by Crippen LogP contribution is -2.31. The van der Waals surface area contributed by atoms with Gasteiger partial charge < -0.3 is 10.2 Å². The number of nitrogens with zero attached hydrogens (tertiary/aromatic N) is 2. The average molecular weight is 261 g/mol. The number of hydrogen-bond donors (Lipinski definition) is 1. The summed E-state index contributed by atoms with van der Waals surface area (Å²) in [4.78, 5) is 18.3. The van der Waals surface area contributed by atoms with Crippen LogP contribution in [-0.4, -0.2) is 25.0 Å². The highest BCUT2D eigenvalue weighted by Gasteiger charge is 2.20. The van der Waals surface area contributed by atoms with Crippen LogP contribution in [-0.2, 0) is 11.3 Å². The molecule has 0 aliphatic heterocycles. The number of aromatic nitrogens is 1. The first-order chi connectivity index (χ1) is 9.16. The van der Waals surface area contributed by atoms with Crippen molar-refractivity contribution in [1.29, 1.82) is 0 Å². The van der Waals surface area contributed by atoms with Gasteiger partial charge in [0.05, 0.1) is 0 Å². The number of anilines is 1. The zero-order chi connectivity index (χ0) is 13.7. The van der Waals surface area contributed by atoms with Gasteiger partial charge in [-0.25, -0.2) is 4.98 Å². The van der Waals surface area contributed by atoms with E-state index in [0.29, 0.717) is 6.54 Å². The molecule has 19 heavy (non-hydrogen) atoms. The number of carbonyl (C=O) groups excluding carboxylic acids is 1. The summed E-state index contributed by atoms with van der Waals surface area (Å²) in [6.45, 7) is 0.579. The van der Waals surface area contributed by atoms with Crippen molar-refractivity contribution in [3.63, 3.8) is 0 Å². The smallest absolute Gasteiger partial charge is 0.223 e. The third kappa shape index (κ3) is 3.94. The van der Waals surface area contributed by atoms with Crippen molar-refractivity contribution in [2.45, 2.75) is 38.6 Å². The summed E-state index contributed by atoms with van der Waals surface area (Å²) >= 11 is 0. The molecule has 4 heteroatoms. The van der Waals surface area contributed by atoms with Crippen LogP contribution in [0.15, 0.2) is 18.3 Å². The first kappa shape index (κ1) is 13.8. The predicted octanol–water partition coefficient (Wildman–Crippen LogP) is 2.34. The Kier molecular flexibility index (Phi) is 4.77. The fourth-order valence-electron chi connectivity index (χ4n) is 2.48. The van der Waals surface area contributed by atoms with Crippen LogP contribution in [0.3, 0.4) is 0 Å². The molecule has 1 aliphatic rings. The fourth-order valence-corrected chi connectivity index (χ4v) is 2.48. The highest BCUT2D eigenvalue weighted by molar-refractivity contribution is 5.78. The van der Waals surface area contributed by atoms with E-state index >= 15 is 0 Å². The highest BCUT2D eigenvalue weighted by atomic mass is 16.1. The second-order valence-electron chi connectivity index (χ2n) is 5.47. The van der Waals surface area contributed by atoms with Crippen LogP contribution >= 0.6 is 0 Å². The lowest BCUT2D eigenvalue weighted by molar-refractivity contribution is -0.126. The van der Waals surface area contributed by atoms with Gasteiger partial charge in [-0.05, 0) is 24.5 Å². The molecule has 0 aromatic carbocycles. The van der Waals surface area contributed by atoms with Crippen LogP contribution in [0, 0.1) is 5.92 Å². The Bertz CT molecular complexity index is 408. The largest absolute Gasteiger partial charge is 0.363 e. The zero-order valence-electron chi connectivity index (χ0n) is 11.9. The van der Waals surface area contributed by atoms with Crippen LogP contribution in [0.2, 0.25) is 0 Å². The molecule has 1 aliphatic carbocycles. The lowest BCUT2D eigenvalue weighted by Gasteiger charge is -2.20. The summed E-state index contributed by atoms with van der Waals surface area (Å²) in [5.41, 5.74) is 1.05. The normalized spacial score (nSPS) is 16.1. The van der Waals surface area contributed by atoms with Crippen LogP contribution in [0.4, 0.5) is 5.82 Å². The monoisotopic (exact) mass is 261 g/mol. The van der Waals surface area contributed by atoms with Crippen LogP contribution in [0.25, 0.3) is 0 Å². The predicted molar refractivity (Wildman–Crippen MR) is 77.0 cm³/mol. The van der Waals surface area contributed by atoms with E-state index in [2.05, 4.69) is 10.3 Å². The van der Waals surface area contributed by atoms with Gasteiger partial charge in [-0.3, -0.25) is 4.79 Å². The molecule has 1 saturated carbocycles. The third-order valence-electron chi connectivity index (χ3n) is 3.71. The summed E-state index contributed by atoms with van der Waals surface area (Å²) in [6.07, 6.45) is 7.58. The Balaban J connectivity index is 1.82. The van der Waals surface area contributed by atoms with Crippen molar-refractivity contribution < 1.29 is 4.79 Å². The molecule has 0 spiro atoms. The number of hydrogen-bond acceptors (Lipinski definition) is 3. The van der Waals surface area contributed by atoms with Crippen LogP contribution in [0.1, 0.15) is 37.7 Å². The summed E-state index contributed by atoms with van der Waals surface area (Å²) in [5, 5.41) is 3.02. The van der Waals surface area contributed by atoms with Crippen LogP contribution in [0.5, 0.6) is 0 Å². The van der Waals surface area contributed by atoms with E-state index in [-0.39, 0.29) is 11.8 Å². The second kappa shape index (κ2) is 6.55. The van der Waals surface area contributed by atoms with Gasteiger partial charge in [0.25, 0.3) is 0 Å². The lowest BCUT2D eigenvalue weighted by atomic mass is 9.88. The fraction of sp³-hybridized carbons (Fsp3) is 0.600. The van der Waals surface area contributed by atoms with Gasteiger partial charge in [-0.15, -0.1) is 0 Å². The molecule has 1 fully saturated rings. The Morgan fingerprint density at radius 1 is 1.32 bits per heavy atom. The topological polar surface area (TPSA) is 45.2 Å². The molecule has 104 valence electrons. The van der Waals surface area contributed by atoms with Gasteiger partial charge in [0.1, 0.15) is 5.82 Å². The second-order valence-corrected chi connectivity index (χ2v) is 5.47. The maximum absolute atomic E-state index is 12.0.